The molecule has 0 aliphatic heterocycles. The smallest absolute Gasteiger partial charge is 0.0348 e. The molecule has 0 aliphatic rings. The van der Waals surface area contributed by atoms with E-state index in [1.807, 2.05) is 0 Å². The van der Waals surface area contributed by atoms with E-state index in [1.165, 1.54) is 43.5 Å². The van der Waals surface area contributed by atoms with Crippen LogP contribution in [-0.4, -0.2) is 0 Å². The minimum Gasteiger partial charge on any atom is -0.143 e. The van der Waals surface area contributed by atoms with Gasteiger partial charge in [-0.05, 0) is 84.0 Å². The summed E-state index contributed by atoms with van der Waals surface area (Å²) < 4.78 is 1.34. The molecule has 0 nitrogen and oxygen atoms in total. The predicted octanol–water partition coefficient (Wildman–Crippen LogP) is 7.75. The Morgan fingerprint density at radius 1 is 0.760 bits per heavy atom. The molecular weight excluding hydrogens is 320 g/mol. The third-order valence-corrected chi connectivity index (χ3v) is 5.64. The highest BCUT2D eigenvalue weighted by atomic mass is 32.1. The Kier molecular flexibility index (Phi) is 5.35. The molecule has 0 amide bonds. The fourth-order valence-corrected chi connectivity index (χ4v) is 4.10. The van der Waals surface area contributed by atoms with Gasteiger partial charge >= 0.3 is 0 Å². The standard InChI is InChI=1S/C24H24S/c1-5-9-19-15-20(22(10-6-2)18(4)17(19)3)13-14-21-16-25-24-12-8-7-11-23(21)24/h5-16H,1-4H3/b9-5-,10-6-,14-13+. The van der Waals surface area contributed by atoms with Crippen molar-refractivity contribution in [1.29, 1.82) is 0 Å². The van der Waals surface area contributed by atoms with E-state index < -0.39 is 0 Å². The summed E-state index contributed by atoms with van der Waals surface area (Å²) in [6, 6.07) is 10.9. The van der Waals surface area contributed by atoms with Crippen LogP contribution in [0.25, 0.3) is 34.4 Å². The lowest BCUT2D eigenvalue weighted by molar-refractivity contribution is 1.30. The van der Waals surface area contributed by atoms with Crippen LogP contribution in [-0.2, 0) is 0 Å². The van der Waals surface area contributed by atoms with E-state index in [1.54, 1.807) is 11.3 Å². The van der Waals surface area contributed by atoms with E-state index in [0.717, 1.165) is 0 Å². The molecule has 2 aromatic carbocycles. The second-order valence-electron chi connectivity index (χ2n) is 6.24. The van der Waals surface area contributed by atoms with Crippen molar-refractivity contribution in [1.82, 2.24) is 0 Å². The van der Waals surface area contributed by atoms with Crippen LogP contribution in [0.5, 0.6) is 0 Å². The van der Waals surface area contributed by atoms with Gasteiger partial charge in [-0.2, -0.15) is 0 Å². The van der Waals surface area contributed by atoms with Crippen LogP contribution in [0, 0.1) is 13.8 Å². The van der Waals surface area contributed by atoms with Crippen LogP contribution in [0.15, 0.2) is 47.9 Å². The molecule has 3 rings (SSSR count). The van der Waals surface area contributed by atoms with Gasteiger partial charge in [-0.3, -0.25) is 0 Å². The average Bonchev–Trinajstić information content (AvgIpc) is 3.03. The molecule has 0 bridgehead atoms. The highest BCUT2D eigenvalue weighted by Gasteiger charge is 2.08. The first-order valence-electron chi connectivity index (χ1n) is 8.69. The first kappa shape index (κ1) is 17.4. The Hall–Kier alpha value is -2.38. The number of benzene rings is 2. The van der Waals surface area contributed by atoms with E-state index in [0.29, 0.717) is 0 Å². The van der Waals surface area contributed by atoms with E-state index in [9.17, 15) is 0 Å². The number of rotatable bonds is 4. The largest absolute Gasteiger partial charge is 0.143 e. The van der Waals surface area contributed by atoms with Crippen molar-refractivity contribution in [3.8, 4) is 0 Å². The van der Waals surface area contributed by atoms with Gasteiger partial charge in [0.1, 0.15) is 0 Å². The molecule has 0 spiro atoms. The van der Waals surface area contributed by atoms with Crippen LogP contribution >= 0.6 is 11.3 Å². The van der Waals surface area contributed by atoms with E-state index in [-0.39, 0.29) is 0 Å². The number of hydrogen-bond donors (Lipinski definition) is 0. The Bertz CT molecular complexity index is 981. The zero-order chi connectivity index (χ0) is 17.8. The summed E-state index contributed by atoms with van der Waals surface area (Å²) in [4.78, 5) is 0. The van der Waals surface area contributed by atoms with Crippen LogP contribution < -0.4 is 0 Å². The summed E-state index contributed by atoms with van der Waals surface area (Å²) in [5.74, 6) is 0. The van der Waals surface area contributed by atoms with Crippen molar-refractivity contribution in [2.75, 3.05) is 0 Å². The van der Waals surface area contributed by atoms with Crippen LogP contribution in [0.3, 0.4) is 0 Å². The molecule has 0 aliphatic carbocycles. The van der Waals surface area contributed by atoms with Gasteiger partial charge in [0.15, 0.2) is 0 Å². The minimum absolute atomic E-state index is 1.27. The molecule has 0 saturated heterocycles. The van der Waals surface area contributed by atoms with Crippen LogP contribution in [0.1, 0.15) is 47.2 Å². The predicted molar refractivity (Wildman–Crippen MR) is 116 cm³/mol. The molecule has 0 saturated carbocycles. The third kappa shape index (κ3) is 3.52. The molecule has 1 aromatic heterocycles. The van der Waals surface area contributed by atoms with Crippen molar-refractivity contribution in [2.24, 2.45) is 0 Å². The summed E-state index contributed by atoms with van der Waals surface area (Å²) in [6.45, 7) is 8.57. The van der Waals surface area contributed by atoms with Crippen molar-refractivity contribution in [2.45, 2.75) is 27.7 Å². The zero-order valence-electron chi connectivity index (χ0n) is 15.3. The maximum Gasteiger partial charge on any atom is 0.0348 e. The molecule has 0 N–H and O–H groups in total. The second kappa shape index (κ2) is 7.67. The molecule has 1 heterocycles. The number of thiophene rings is 1. The highest BCUT2D eigenvalue weighted by Crippen LogP contribution is 2.29. The van der Waals surface area contributed by atoms with Crippen molar-refractivity contribution in [3.63, 3.8) is 0 Å². The molecule has 0 radical (unpaired) electrons. The molecule has 0 atom stereocenters. The lowest BCUT2D eigenvalue weighted by Crippen LogP contribution is -1.94. The van der Waals surface area contributed by atoms with Gasteiger partial charge in [0, 0.05) is 4.70 Å². The number of fused-ring (bicyclic) bond motifs is 1. The minimum atomic E-state index is 1.27. The van der Waals surface area contributed by atoms with E-state index in [4.69, 9.17) is 0 Å². The van der Waals surface area contributed by atoms with Gasteiger partial charge in [0.25, 0.3) is 0 Å². The Labute approximate surface area is 154 Å². The lowest BCUT2D eigenvalue weighted by atomic mass is 9.92. The first-order valence-corrected chi connectivity index (χ1v) is 9.57. The lowest BCUT2D eigenvalue weighted by Gasteiger charge is -2.13. The molecule has 126 valence electrons. The van der Waals surface area contributed by atoms with Gasteiger partial charge in [-0.25, -0.2) is 0 Å². The zero-order valence-corrected chi connectivity index (χ0v) is 16.2. The highest BCUT2D eigenvalue weighted by molar-refractivity contribution is 7.17. The summed E-state index contributed by atoms with van der Waals surface area (Å²) in [7, 11) is 0. The van der Waals surface area contributed by atoms with Gasteiger partial charge in [0.2, 0.25) is 0 Å². The van der Waals surface area contributed by atoms with Crippen molar-refractivity contribution in [3.05, 3.63) is 81.2 Å². The van der Waals surface area contributed by atoms with E-state index >= 15 is 0 Å². The van der Waals surface area contributed by atoms with Crippen LogP contribution in [0.4, 0.5) is 0 Å². The Balaban J connectivity index is 2.12. The van der Waals surface area contributed by atoms with Crippen molar-refractivity contribution >= 4 is 45.7 Å². The van der Waals surface area contributed by atoms with Gasteiger partial charge in [-0.1, -0.05) is 54.7 Å². The molecule has 0 fully saturated rings. The normalized spacial score (nSPS) is 12.3. The molecule has 1 heteroatoms. The first-order chi connectivity index (χ1) is 12.2. The average molecular weight is 345 g/mol. The van der Waals surface area contributed by atoms with Crippen LogP contribution in [0.2, 0.25) is 0 Å². The van der Waals surface area contributed by atoms with Gasteiger partial charge in [-0.15, -0.1) is 11.3 Å². The molecular formula is C24H24S. The third-order valence-electron chi connectivity index (χ3n) is 4.65. The number of allylic oxidation sites excluding steroid dienone is 2. The van der Waals surface area contributed by atoms with E-state index in [2.05, 4.69) is 99.9 Å². The summed E-state index contributed by atoms with van der Waals surface area (Å²) in [5.41, 5.74) is 7.86. The Morgan fingerprint density at radius 2 is 1.48 bits per heavy atom. The topological polar surface area (TPSA) is 0 Å². The summed E-state index contributed by atoms with van der Waals surface area (Å²) >= 11 is 1.80. The molecule has 25 heavy (non-hydrogen) atoms. The fourth-order valence-electron chi connectivity index (χ4n) is 3.17. The summed E-state index contributed by atoms with van der Waals surface area (Å²) in [5, 5.41) is 3.57. The Morgan fingerprint density at radius 3 is 2.24 bits per heavy atom. The van der Waals surface area contributed by atoms with Gasteiger partial charge in [0.05, 0.1) is 0 Å². The second-order valence-corrected chi connectivity index (χ2v) is 7.15. The molecule has 3 aromatic rings. The molecule has 0 unspecified atom stereocenters. The number of hydrogen-bond acceptors (Lipinski definition) is 1. The maximum atomic E-state index is 2.29. The quantitative estimate of drug-likeness (QED) is 0.454. The summed E-state index contributed by atoms with van der Waals surface area (Å²) in [6.07, 6.45) is 13.1. The SMILES string of the molecule is C/C=C\c1cc(/C=C/c2csc3ccccc23)c(/C=C\C)c(C)c1C. The van der Waals surface area contributed by atoms with Gasteiger partial charge < -0.3 is 0 Å². The van der Waals surface area contributed by atoms with Crippen molar-refractivity contribution < 1.29 is 0 Å². The maximum absolute atomic E-state index is 2.29. The monoisotopic (exact) mass is 344 g/mol. The fraction of sp³-hybridized carbons (Fsp3) is 0.167.